The standard InChI is InChI=1S/C19H26N4O2/c1-19(17-15(11-21-22-17)18(24)20-2)9-6-10-23(13-19)12-14-7-4-5-8-16(14)25-3/h4-5,7-8,11H,6,9-10,12-13H2,1-3H3,(H,20,24)(H,21,22)/t19-/m1/s1. The van der Waals surface area contributed by atoms with Gasteiger partial charge in [0.2, 0.25) is 0 Å². The zero-order valence-electron chi connectivity index (χ0n) is 15.1. The third-order valence-electron chi connectivity index (χ3n) is 5.08. The number of H-pyrrole nitrogens is 1. The molecule has 1 aromatic carbocycles. The highest BCUT2D eigenvalue weighted by Gasteiger charge is 2.37. The predicted molar refractivity (Wildman–Crippen MR) is 96.8 cm³/mol. The van der Waals surface area contributed by atoms with Crippen molar-refractivity contribution in [2.45, 2.75) is 31.7 Å². The normalized spacial score (nSPS) is 21.1. The Labute approximate surface area is 148 Å². The van der Waals surface area contributed by atoms with Crippen molar-refractivity contribution in [1.82, 2.24) is 20.4 Å². The number of hydrogen-bond acceptors (Lipinski definition) is 4. The molecule has 6 nitrogen and oxygen atoms in total. The first-order valence-electron chi connectivity index (χ1n) is 8.67. The molecule has 1 fully saturated rings. The van der Waals surface area contributed by atoms with Crippen molar-refractivity contribution < 1.29 is 9.53 Å². The van der Waals surface area contributed by atoms with Gasteiger partial charge >= 0.3 is 0 Å². The Morgan fingerprint density at radius 3 is 3.00 bits per heavy atom. The quantitative estimate of drug-likeness (QED) is 0.875. The fourth-order valence-corrected chi connectivity index (χ4v) is 3.81. The number of hydrogen-bond donors (Lipinski definition) is 2. The van der Waals surface area contributed by atoms with E-state index in [2.05, 4.69) is 33.4 Å². The molecular formula is C19H26N4O2. The first-order chi connectivity index (χ1) is 12.1. The van der Waals surface area contributed by atoms with E-state index in [0.29, 0.717) is 5.56 Å². The lowest BCUT2D eigenvalue weighted by Crippen LogP contribution is -2.45. The number of amides is 1. The van der Waals surface area contributed by atoms with Crippen molar-refractivity contribution in [2.24, 2.45) is 0 Å². The van der Waals surface area contributed by atoms with E-state index in [1.54, 1.807) is 20.4 Å². The smallest absolute Gasteiger partial charge is 0.254 e. The Bertz CT molecular complexity index is 743. The van der Waals surface area contributed by atoms with Crippen LogP contribution in [-0.2, 0) is 12.0 Å². The average molecular weight is 342 g/mol. The van der Waals surface area contributed by atoms with E-state index in [4.69, 9.17) is 4.74 Å². The van der Waals surface area contributed by atoms with Crippen molar-refractivity contribution in [3.05, 3.63) is 47.3 Å². The van der Waals surface area contributed by atoms with Gasteiger partial charge < -0.3 is 10.1 Å². The molecule has 0 unspecified atom stereocenters. The lowest BCUT2D eigenvalue weighted by molar-refractivity contribution is 0.0955. The lowest BCUT2D eigenvalue weighted by Gasteiger charge is -2.40. The number of likely N-dealkylation sites (tertiary alicyclic amines) is 1. The summed E-state index contributed by atoms with van der Waals surface area (Å²) >= 11 is 0. The number of rotatable bonds is 5. The van der Waals surface area contributed by atoms with Crippen molar-refractivity contribution in [3.63, 3.8) is 0 Å². The first-order valence-corrected chi connectivity index (χ1v) is 8.67. The summed E-state index contributed by atoms with van der Waals surface area (Å²) in [6.07, 6.45) is 3.73. The molecule has 1 amide bonds. The molecule has 1 atom stereocenters. The summed E-state index contributed by atoms with van der Waals surface area (Å²) in [6, 6.07) is 8.14. The van der Waals surface area contributed by atoms with Crippen LogP contribution in [0.15, 0.2) is 30.5 Å². The Morgan fingerprint density at radius 2 is 2.24 bits per heavy atom. The summed E-state index contributed by atoms with van der Waals surface area (Å²) in [4.78, 5) is 14.6. The molecule has 1 aliphatic heterocycles. The highest BCUT2D eigenvalue weighted by molar-refractivity contribution is 5.95. The van der Waals surface area contributed by atoms with Crippen molar-refractivity contribution in [3.8, 4) is 5.75 Å². The van der Waals surface area contributed by atoms with Crippen molar-refractivity contribution in [2.75, 3.05) is 27.2 Å². The number of methoxy groups -OCH3 is 1. The molecule has 3 rings (SSSR count). The van der Waals surface area contributed by atoms with Gasteiger partial charge in [-0.05, 0) is 25.5 Å². The molecule has 1 aliphatic rings. The van der Waals surface area contributed by atoms with Crippen LogP contribution in [0.2, 0.25) is 0 Å². The summed E-state index contributed by atoms with van der Waals surface area (Å²) in [5, 5.41) is 9.90. The molecule has 1 saturated heterocycles. The second-order valence-electron chi connectivity index (χ2n) is 6.92. The molecule has 0 bridgehead atoms. The van der Waals surface area contributed by atoms with Crippen LogP contribution in [-0.4, -0.2) is 48.3 Å². The van der Waals surface area contributed by atoms with Crippen LogP contribution < -0.4 is 10.1 Å². The molecule has 0 radical (unpaired) electrons. The summed E-state index contributed by atoms with van der Waals surface area (Å²) in [5.74, 6) is 0.828. The summed E-state index contributed by atoms with van der Waals surface area (Å²) in [7, 11) is 3.36. The molecule has 0 spiro atoms. The molecule has 134 valence electrons. The highest BCUT2D eigenvalue weighted by atomic mass is 16.5. The zero-order valence-corrected chi connectivity index (χ0v) is 15.1. The summed E-state index contributed by atoms with van der Waals surface area (Å²) < 4.78 is 5.48. The van der Waals surface area contributed by atoms with Gasteiger partial charge in [-0.25, -0.2) is 0 Å². The maximum atomic E-state index is 12.1. The van der Waals surface area contributed by atoms with E-state index in [1.807, 2.05) is 18.2 Å². The second kappa shape index (κ2) is 7.27. The highest BCUT2D eigenvalue weighted by Crippen LogP contribution is 2.35. The Morgan fingerprint density at radius 1 is 1.44 bits per heavy atom. The predicted octanol–water partition coefficient (Wildman–Crippen LogP) is 2.33. The number of aromatic nitrogens is 2. The third-order valence-corrected chi connectivity index (χ3v) is 5.08. The Kier molecular flexibility index (Phi) is 5.08. The largest absolute Gasteiger partial charge is 0.496 e. The first kappa shape index (κ1) is 17.5. The minimum Gasteiger partial charge on any atom is -0.496 e. The number of carbonyl (C=O) groups is 1. The monoisotopic (exact) mass is 342 g/mol. The molecular weight excluding hydrogens is 316 g/mol. The molecule has 1 aromatic heterocycles. The average Bonchev–Trinajstić information content (AvgIpc) is 3.12. The fourth-order valence-electron chi connectivity index (χ4n) is 3.81. The Balaban J connectivity index is 1.81. The molecule has 25 heavy (non-hydrogen) atoms. The van der Waals surface area contributed by atoms with Gasteiger partial charge in [-0.3, -0.25) is 14.8 Å². The van der Waals surface area contributed by atoms with E-state index in [9.17, 15) is 4.79 Å². The number of benzene rings is 1. The van der Waals surface area contributed by atoms with Crippen LogP contribution in [0.3, 0.4) is 0 Å². The van der Waals surface area contributed by atoms with E-state index in [1.165, 1.54) is 5.56 Å². The molecule has 0 saturated carbocycles. The topological polar surface area (TPSA) is 70.2 Å². The number of nitrogens with one attached hydrogen (secondary N) is 2. The van der Waals surface area contributed by atoms with Crippen molar-refractivity contribution >= 4 is 5.91 Å². The van der Waals surface area contributed by atoms with Crippen LogP contribution in [0.1, 0.15) is 41.4 Å². The maximum absolute atomic E-state index is 12.1. The summed E-state index contributed by atoms with van der Waals surface area (Å²) in [5.41, 5.74) is 2.63. The van der Waals surface area contributed by atoms with Gasteiger partial charge in [0.05, 0.1) is 24.6 Å². The number of nitrogens with zero attached hydrogens (tertiary/aromatic N) is 2. The van der Waals surface area contributed by atoms with Gasteiger partial charge in [-0.15, -0.1) is 0 Å². The minimum atomic E-state index is -0.126. The zero-order chi connectivity index (χ0) is 17.9. The number of para-hydroxylation sites is 1. The lowest BCUT2D eigenvalue weighted by atomic mass is 9.77. The van der Waals surface area contributed by atoms with E-state index in [-0.39, 0.29) is 11.3 Å². The molecule has 2 aromatic rings. The van der Waals surface area contributed by atoms with E-state index >= 15 is 0 Å². The van der Waals surface area contributed by atoms with Crippen LogP contribution in [0.5, 0.6) is 5.75 Å². The van der Waals surface area contributed by atoms with Gasteiger partial charge in [0.25, 0.3) is 5.91 Å². The van der Waals surface area contributed by atoms with Gasteiger partial charge in [-0.1, -0.05) is 25.1 Å². The van der Waals surface area contributed by atoms with Gasteiger partial charge in [0, 0.05) is 31.1 Å². The van der Waals surface area contributed by atoms with Gasteiger partial charge in [-0.2, -0.15) is 5.10 Å². The molecule has 6 heteroatoms. The molecule has 2 heterocycles. The van der Waals surface area contributed by atoms with Crippen LogP contribution in [0, 0.1) is 0 Å². The van der Waals surface area contributed by atoms with E-state index < -0.39 is 0 Å². The van der Waals surface area contributed by atoms with Crippen LogP contribution in [0.25, 0.3) is 0 Å². The number of ether oxygens (including phenoxy) is 1. The fraction of sp³-hybridized carbons (Fsp3) is 0.474. The number of piperidine rings is 1. The van der Waals surface area contributed by atoms with E-state index in [0.717, 1.165) is 43.9 Å². The number of carbonyl (C=O) groups excluding carboxylic acids is 1. The van der Waals surface area contributed by atoms with Gasteiger partial charge in [0.15, 0.2) is 0 Å². The number of aromatic amines is 1. The van der Waals surface area contributed by atoms with Crippen molar-refractivity contribution in [1.29, 1.82) is 0 Å². The summed E-state index contributed by atoms with van der Waals surface area (Å²) in [6.45, 7) is 4.96. The third kappa shape index (κ3) is 3.54. The van der Waals surface area contributed by atoms with Gasteiger partial charge in [0.1, 0.15) is 5.75 Å². The molecule has 2 N–H and O–H groups in total. The maximum Gasteiger partial charge on any atom is 0.254 e. The minimum absolute atomic E-state index is 0.0909. The van der Waals surface area contributed by atoms with Crippen LogP contribution in [0.4, 0.5) is 0 Å². The second-order valence-corrected chi connectivity index (χ2v) is 6.92. The SMILES string of the molecule is CNC(=O)c1cn[nH]c1[C@]1(C)CCCN(Cc2ccccc2OC)C1. The molecule has 0 aliphatic carbocycles. The Hall–Kier alpha value is -2.34. The van der Waals surface area contributed by atoms with Crippen LogP contribution >= 0.6 is 0 Å².